The van der Waals surface area contributed by atoms with E-state index in [9.17, 15) is 0 Å². The second-order valence-electron chi connectivity index (χ2n) is 7.05. The summed E-state index contributed by atoms with van der Waals surface area (Å²) >= 11 is 0. The Balaban J connectivity index is 1.98. The number of benzene rings is 1. The van der Waals surface area contributed by atoms with Crippen LogP contribution in [0.1, 0.15) is 63.0 Å². The molecule has 2 rings (SSSR count). The Kier molecular flexibility index (Phi) is 6.09. The van der Waals surface area contributed by atoms with Gasteiger partial charge in [0.1, 0.15) is 0 Å². The van der Waals surface area contributed by atoms with Crippen LogP contribution in [-0.2, 0) is 0 Å². The second kappa shape index (κ2) is 7.83. The van der Waals surface area contributed by atoms with E-state index in [1.54, 1.807) is 0 Å². The molecule has 0 aromatic heterocycles. The van der Waals surface area contributed by atoms with E-state index >= 15 is 0 Å². The van der Waals surface area contributed by atoms with Crippen LogP contribution in [0.15, 0.2) is 24.3 Å². The Labute approximate surface area is 125 Å². The number of hydrogen-bond donors (Lipinski definition) is 1. The molecule has 0 saturated heterocycles. The molecule has 0 radical (unpaired) electrons. The molecule has 1 aliphatic carbocycles. The lowest BCUT2D eigenvalue weighted by molar-refractivity contribution is 0.418. The molecule has 1 aliphatic rings. The van der Waals surface area contributed by atoms with Gasteiger partial charge < -0.3 is 5.32 Å². The van der Waals surface area contributed by atoms with Crippen LogP contribution in [0.5, 0.6) is 0 Å². The summed E-state index contributed by atoms with van der Waals surface area (Å²) in [6.07, 6.45) is 7.17. The van der Waals surface area contributed by atoms with Crippen molar-refractivity contribution in [3.8, 4) is 0 Å². The summed E-state index contributed by atoms with van der Waals surface area (Å²) in [7, 11) is 0. The summed E-state index contributed by atoms with van der Waals surface area (Å²) in [6.45, 7) is 9.04. The molecule has 1 saturated carbocycles. The van der Waals surface area contributed by atoms with Crippen LogP contribution in [0.2, 0.25) is 0 Å². The van der Waals surface area contributed by atoms with E-state index in [1.807, 2.05) is 0 Å². The van der Waals surface area contributed by atoms with Crippen LogP contribution in [0, 0.1) is 18.8 Å². The predicted molar refractivity (Wildman–Crippen MR) is 88.2 cm³/mol. The molecule has 20 heavy (non-hydrogen) atoms. The van der Waals surface area contributed by atoms with Gasteiger partial charge in [0.25, 0.3) is 0 Å². The number of rotatable bonds is 7. The molecule has 1 atom stereocenters. The van der Waals surface area contributed by atoms with Crippen LogP contribution in [0.4, 0.5) is 0 Å². The van der Waals surface area contributed by atoms with Crippen molar-refractivity contribution >= 4 is 0 Å². The largest absolute Gasteiger partial charge is 0.316 e. The lowest BCUT2D eigenvalue weighted by Crippen LogP contribution is -2.26. The Bertz CT molecular complexity index is 391. The SMILES string of the molecule is Cc1cccc(C(CNCC(C)C)CC2CCCC2)c1. The van der Waals surface area contributed by atoms with Crippen LogP contribution >= 0.6 is 0 Å². The highest BCUT2D eigenvalue weighted by molar-refractivity contribution is 5.26. The van der Waals surface area contributed by atoms with Crippen LogP contribution in [0.3, 0.4) is 0 Å². The molecular formula is C19H31N. The summed E-state index contributed by atoms with van der Waals surface area (Å²) in [5, 5.41) is 3.68. The topological polar surface area (TPSA) is 12.0 Å². The predicted octanol–water partition coefficient (Wildman–Crippen LogP) is 4.90. The third kappa shape index (κ3) is 4.94. The lowest BCUT2D eigenvalue weighted by Gasteiger charge is -2.22. The van der Waals surface area contributed by atoms with Crippen molar-refractivity contribution in [2.75, 3.05) is 13.1 Å². The second-order valence-corrected chi connectivity index (χ2v) is 7.05. The normalized spacial score (nSPS) is 17.8. The molecule has 1 fully saturated rings. The third-order valence-electron chi connectivity index (χ3n) is 4.55. The van der Waals surface area contributed by atoms with E-state index in [1.165, 1.54) is 43.2 Å². The van der Waals surface area contributed by atoms with Gasteiger partial charge >= 0.3 is 0 Å². The van der Waals surface area contributed by atoms with Crippen molar-refractivity contribution in [1.82, 2.24) is 5.32 Å². The maximum Gasteiger partial charge on any atom is 0.00203 e. The first kappa shape index (κ1) is 15.6. The maximum atomic E-state index is 3.68. The van der Waals surface area contributed by atoms with Crippen LogP contribution < -0.4 is 5.32 Å². The zero-order valence-electron chi connectivity index (χ0n) is 13.5. The number of hydrogen-bond acceptors (Lipinski definition) is 1. The molecule has 1 aromatic carbocycles. The average Bonchev–Trinajstić information content (AvgIpc) is 2.90. The first-order chi connectivity index (χ1) is 9.65. The van der Waals surface area contributed by atoms with E-state index in [2.05, 4.69) is 50.4 Å². The smallest absolute Gasteiger partial charge is 0.00203 e. The Morgan fingerprint density at radius 2 is 1.90 bits per heavy atom. The van der Waals surface area contributed by atoms with Gasteiger partial charge in [0.15, 0.2) is 0 Å². The van der Waals surface area contributed by atoms with Crippen molar-refractivity contribution in [2.24, 2.45) is 11.8 Å². The highest BCUT2D eigenvalue weighted by Crippen LogP contribution is 2.34. The fourth-order valence-electron chi connectivity index (χ4n) is 3.46. The molecule has 0 aliphatic heterocycles. The van der Waals surface area contributed by atoms with E-state index in [4.69, 9.17) is 0 Å². The first-order valence-corrected chi connectivity index (χ1v) is 8.42. The Hall–Kier alpha value is -0.820. The minimum atomic E-state index is 0.691. The highest BCUT2D eigenvalue weighted by atomic mass is 14.9. The molecule has 1 N–H and O–H groups in total. The van der Waals surface area contributed by atoms with Crippen LogP contribution in [-0.4, -0.2) is 13.1 Å². The van der Waals surface area contributed by atoms with Crippen molar-refractivity contribution in [3.63, 3.8) is 0 Å². The van der Waals surface area contributed by atoms with Gasteiger partial charge in [0, 0.05) is 6.54 Å². The molecule has 1 heteroatoms. The van der Waals surface area contributed by atoms with Gasteiger partial charge in [-0.25, -0.2) is 0 Å². The Morgan fingerprint density at radius 1 is 1.15 bits per heavy atom. The van der Waals surface area contributed by atoms with Gasteiger partial charge in [-0.1, -0.05) is 69.4 Å². The molecule has 0 spiro atoms. The molecule has 0 heterocycles. The van der Waals surface area contributed by atoms with Gasteiger partial charge in [-0.15, -0.1) is 0 Å². The maximum absolute atomic E-state index is 3.68. The zero-order valence-corrected chi connectivity index (χ0v) is 13.5. The fourth-order valence-corrected chi connectivity index (χ4v) is 3.46. The Morgan fingerprint density at radius 3 is 2.55 bits per heavy atom. The molecule has 112 valence electrons. The van der Waals surface area contributed by atoms with E-state index in [-0.39, 0.29) is 0 Å². The highest BCUT2D eigenvalue weighted by Gasteiger charge is 2.21. The third-order valence-corrected chi connectivity index (χ3v) is 4.55. The summed E-state index contributed by atoms with van der Waals surface area (Å²) < 4.78 is 0. The van der Waals surface area contributed by atoms with Crippen molar-refractivity contribution in [3.05, 3.63) is 35.4 Å². The summed E-state index contributed by atoms with van der Waals surface area (Å²) in [4.78, 5) is 0. The van der Waals surface area contributed by atoms with Crippen LogP contribution in [0.25, 0.3) is 0 Å². The summed E-state index contributed by atoms with van der Waals surface area (Å²) in [6, 6.07) is 9.13. The lowest BCUT2D eigenvalue weighted by atomic mass is 9.87. The van der Waals surface area contributed by atoms with Crippen molar-refractivity contribution < 1.29 is 0 Å². The molecule has 0 bridgehead atoms. The fraction of sp³-hybridized carbons (Fsp3) is 0.684. The average molecular weight is 273 g/mol. The van der Waals surface area contributed by atoms with Gasteiger partial charge in [0.05, 0.1) is 0 Å². The van der Waals surface area contributed by atoms with Gasteiger partial charge in [-0.3, -0.25) is 0 Å². The van der Waals surface area contributed by atoms with E-state index in [0.717, 1.165) is 24.9 Å². The van der Waals surface area contributed by atoms with E-state index < -0.39 is 0 Å². The monoisotopic (exact) mass is 273 g/mol. The first-order valence-electron chi connectivity index (χ1n) is 8.42. The standard InChI is InChI=1S/C19H31N/c1-15(2)13-20-14-19(12-17-8-4-5-9-17)18-10-6-7-16(3)11-18/h6-7,10-11,15,17,19-20H,4-5,8-9,12-14H2,1-3H3. The molecular weight excluding hydrogens is 242 g/mol. The minimum Gasteiger partial charge on any atom is -0.316 e. The summed E-state index contributed by atoms with van der Waals surface area (Å²) in [5.41, 5.74) is 2.93. The minimum absolute atomic E-state index is 0.691. The zero-order chi connectivity index (χ0) is 14.4. The van der Waals surface area contributed by atoms with Gasteiger partial charge in [-0.05, 0) is 43.2 Å². The summed E-state index contributed by atoms with van der Waals surface area (Å²) in [5.74, 6) is 2.39. The number of aryl methyl sites for hydroxylation is 1. The van der Waals surface area contributed by atoms with Gasteiger partial charge in [0.2, 0.25) is 0 Å². The molecule has 1 nitrogen and oxygen atoms in total. The quantitative estimate of drug-likeness (QED) is 0.744. The molecule has 1 unspecified atom stereocenters. The molecule has 1 aromatic rings. The number of nitrogens with one attached hydrogen (secondary N) is 1. The molecule has 0 amide bonds. The van der Waals surface area contributed by atoms with Crippen molar-refractivity contribution in [1.29, 1.82) is 0 Å². The van der Waals surface area contributed by atoms with E-state index in [0.29, 0.717) is 5.92 Å². The van der Waals surface area contributed by atoms with Crippen molar-refractivity contribution in [2.45, 2.75) is 58.8 Å². The van der Waals surface area contributed by atoms with Gasteiger partial charge in [-0.2, -0.15) is 0 Å².